The Morgan fingerprint density at radius 3 is 2.21 bits per heavy atom. The van der Waals surface area contributed by atoms with Gasteiger partial charge in [0, 0.05) is 12.6 Å². The van der Waals surface area contributed by atoms with Crippen molar-refractivity contribution in [2.45, 2.75) is 33.1 Å². The van der Waals surface area contributed by atoms with Gasteiger partial charge >= 0.3 is 5.91 Å². The van der Waals surface area contributed by atoms with Crippen LogP contribution in [0.1, 0.15) is 37.8 Å². The van der Waals surface area contributed by atoms with Gasteiger partial charge in [-0.1, -0.05) is 37.6 Å². The van der Waals surface area contributed by atoms with E-state index in [0.717, 1.165) is 29.7 Å². The van der Waals surface area contributed by atoms with Crippen LogP contribution in [0.15, 0.2) is 54.3 Å². The van der Waals surface area contributed by atoms with E-state index in [1.165, 1.54) is 6.92 Å². The first-order chi connectivity index (χ1) is 13.4. The largest absolute Gasteiger partial charge is 0.502 e. The second-order valence-electron chi connectivity index (χ2n) is 6.70. The summed E-state index contributed by atoms with van der Waals surface area (Å²) in [5.41, 5.74) is 2.48. The lowest BCUT2D eigenvalue weighted by Gasteiger charge is -2.15. The second-order valence-corrected chi connectivity index (χ2v) is 6.70. The molecule has 2 N–H and O–H groups in total. The molecule has 2 aromatic carbocycles. The highest BCUT2D eigenvalue weighted by Crippen LogP contribution is 2.32. The molecule has 0 unspecified atom stereocenters. The normalized spacial score (nSPS) is 14.0. The minimum atomic E-state index is -0.743. The molecule has 144 valence electrons. The molecule has 0 aliphatic carbocycles. The van der Waals surface area contributed by atoms with Crippen molar-refractivity contribution in [2.75, 3.05) is 10.2 Å². The van der Waals surface area contributed by atoms with E-state index in [4.69, 9.17) is 0 Å². The average molecular weight is 378 g/mol. The number of aliphatic hydroxyl groups is 1. The molecule has 6 nitrogen and oxygen atoms in total. The molecule has 0 saturated carbocycles. The first kappa shape index (κ1) is 19.4. The van der Waals surface area contributed by atoms with Crippen molar-refractivity contribution < 1.29 is 19.5 Å². The smallest absolute Gasteiger partial charge is 0.301 e. The van der Waals surface area contributed by atoms with Crippen molar-refractivity contribution in [1.82, 2.24) is 0 Å². The van der Waals surface area contributed by atoms with Crippen molar-refractivity contribution in [3.05, 3.63) is 65.4 Å². The topological polar surface area (TPSA) is 86.7 Å². The van der Waals surface area contributed by atoms with Crippen LogP contribution in [0.4, 0.5) is 11.4 Å². The lowest BCUT2D eigenvalue weighted by Crippen LogP contribution is -2.31. The van der Waals surface area contributed by atoms with E-state index in [1.807, 2.05) is 12.1 Å². The monoisotopic (exact) mass is 378 g/mol. The van der Waals surface area contributed by atoms with Gasteiger partial charge in [-0.2, -0.15) is 0 Å². The predicted octanol–water partition coefficient (Wildman–Crippen LogP) is 3.83. The van der Waals surface area contributed by atoms with Crippen LogP contribution in [-0.2, 0) is 20.8 Å². The number of carbonyl (C=O) groups is 3. The summed E-state index contributed by atoms with van der Waals surface area (Å²) in [6.07, 6.45) is 3.10. The van der Waals surface area contributed by atoms with Crippen molar-refractivity contribution >= 4 is 34.7 Å². The Hall–Kier alpha value is -3.41. The predicted molar refractivity (Wildman–Crippen MR) is 108 cm³/mol. The number of hydrogen-bond acceptors (Lipinski definition) is 4. The van der Waals surface area contributed by atoms with E-state index in [1.54, 1.807) is 36.4 Å². The Bertz CT molecular complexity index is 944. The number of aliphatic hydroxyl groups excluding tert-OH is 1. The molecule has 3 amide bonds. The molecule has 1 aliphatic heterocycles. The summed E-state index contributed by atoms with van der Waals surface area (Å²) in [6.45, 7) is 3.52. The summed E-state index contributed by atoms with van der Waals surface area (Å²) in [4.78, 5) is 37.5. The van der Waals surface area contributed by atoms with Crippen molar-refractivity contribution in [3.63, 3.8) is 0 Å². The van der Waals surface area contributed by atoms with Crippen LogP contribution in [0.25, 0.3) is 5.57 Å². The van der Waals surface area contributed by atoms with Crippen LogP contribution >= 0.6 is 0 Å². The molecule has 0 bridgehead atoms. The zero-order valence-electron chi connectivity index (χ0n) is 15.9. The van der Waals surface area contributed by atoms with Gasteiger partial charge in [0.25, 0.3) is 5.91 Å². The second kappa shape index (κ2) is 8.08. The highest BCUT2D eigenvalue weighted by Gasteiger charge is 2.40. The van der Waals surface area contributed by atoms with Gasteiger partial charge in [-0.3, -0.25) is 14.4 Å². The number of unbranched alkanes of at least 4 members (excludes halogenated alkanes) is 1. The number of nitrogens with zero attached hydrogens (tertiary/aromatic N) is 1. The third kappa shape index (κ3) is 3.81. The van der Waals surface area contributed by atoms with Crippen LogP contribution < -0.4 is 10.2 Å². The molecule has 0 radical (unpaired) electrons. The Balaban J connectivity index is 1.84. The van der Waals surface area contributed by atoms with Crippen LogP contribution in [-0.4, -0.2) is 22.8 Å². The minimum Gasteiger partial charge on any atom is -0.502 e. The van der Waals surface area contributed by atoms with Gasteiger partial charge in [-0.05, 0) is 48.2 Å². The maximum Gasteiger partial charge on any atom is 0.301 e. The summed E-state index contributed by atoms with van der Waals surface area (Å²) in [5.74, 6) is -2.11. The van der Waals surface area contributed by atoms with Gasteiger partial charge in [-0.15, -0.1) is 0 Å². The summed E-state index contributed by atoms with van der Waals surface area (Å²) >= 11 is 0. The molecule has 6 heteroatoms. The number of rotatable bonds is 6. The molecule has 2 aromatic rings. The number of benzene rings is 2. The molecular weight excluding hydrogens is 356 g/mol. The Morgan fingerprint density at radius 1 is 1.00 bits per heavy atom. The number of anilines is 2. The maximum atomic E-state index is 12.9. The summed E-state index contributed by atoms with van der Waals surface area (Å²) in [7, 11) is 0. The lowest BCUT2D eigenvalue weighted by atomic mass is 10.0. The highest BCUT2D eigenvalue weighted by atomic mass is 16.3. The molecule has 0 spiro atoms. The molecule has 3 rings (SSSR count). The van der Waals surface area contributed by atoms with Crippen molar-refractivity contribution in [3.8, 4) is 0 Å². The summed E-state index contributed by atoms with van der Waals surface area (Å²) in [5, 5.41) is 12.9. The molecule has 28 heavy (non-hydrogen) atoms. The average Bonchev–Trinajstić information content (AvgIpc) is 2.90. The molecule has 0 aromatic heterocycles. The Morgan fingerprint density at radius 2 is 1.64 bits per heavy atom. The zero-order chi connectivity index (χ0) is 20.3. The molecule has 1 heterocycles. The van der Waals surface area contributed by atoms with Crippen LogP contribution in [0, 0.1) is 0 Å². The maximum absolute atomic E-state index is 12.9. The molecular formula is C22H22N2O4. The number of carbonyl (C=O) groups excluding carboxylic acids is 3. The fourth-order valence-corrected chi connectivity index (χ4v) is 3.13. The fraction of sp³-hybridized carbons (Fsp3) is 0.227. The van der Waals surface area contributed by atoms with E-state index >= 15 is 0 Å². The van der Waals surface area contributed by atoms with Gasteiger partial charge in [-0.25, -0.2) is 4.90 Å². The van der Waals surface area contributed by atoms with E-state index < -0.39 is 17.6 Å². The Labute approximate surface area is 163 Å². The number of nitrogens with one attached hydrogen (secondary N) is 1. The first-order valence-electron chi connectivity index (χ1n) is 9.21. The SMILES string of the molecule is CCCCc1ccc(N2C(=O)C(O)=C(c3ccc(NC(C)=O)cc3)C2=O)cc1. The van der Waals surface area contributed by atoms with Crippen molar-refractivity contribution in [2.24, 2.45) is 0 Å². The summed E-state index contributed by atoms with van der Waals surface area (Å²) < 4.78 is 0. The number of hydrogen-bond donors (Lipinski definition) is 2. The third-order valence-electron chi connectivity index (χ3n) is 4.57. The Kier molecular flexibility index (Phi) is 5.59. The lowest BCUT2D eigenvalue weighted by molar-refractivity contribution is -0.121. The van der Waals surface area contributed by atoms with E-state index in [9.17, 15) is 19.5 Å². The van der Waals surface area contributed by atoms with Crippen LogP contribution in [0.2, 0.25) is 0 Å². The van der Waals surface area contributed by atoms with Crippen LogP contribution in [0.3, 0.4) is 0 Å². The van der Waals surface area contributed by atoms with Gasteiger partial charge in [0.15, 0.2) is 5.76 Å². The quantitative estimate of drug-likeness (QED) is 0.748. The molecule has 0 saturated heterocycles. The van der Waals surface area contributed by atoms with Gasteiger partial charge in [0.05, 0.1) is 11.3 Å². The third-order valence-corrected chi connectivity index (χ3v) is 4.57. The zero-order valence-corrected chi connectivity index (χ0v) is 15.9. The van der Waals surface area contributed by atoms with E-state index in [0.29, 0.717) is 16.9 Å². The highest BCUT2D eigenvalue weighted by molar-refractivity contribution is 6.44. The summed E-state index contributed by atoms with van der Waals surface area (Å²) in [6, 6.07) is 13.6. The molecule has 0 atom stereocenters. The molecule has 1 aliphatic rings. The fourth-order valence-electron chi connectivity index (χ4n) is 3.13. The van der Waals surface area contributed by atoms with Crippen LogP contribution in [0.5, 0.6) is 0 Å². The van der Waals surface area contributed by atoms with Gasteiger partial charge < -0.3 is 10.4 Å². The van der Waals surface area contributed by atoms with Crippen molar-refractivity contribution in [1.29, 1.82) is 0 Å². The number of aryl methyl sites for hydroxylation is 1. The van der Waals surface area contributed by atoms with Gasteiger partial charge in [0.1, 0.15) is 0 Å². The first-order valence-corrected chi connectivity index (χ1v) is 9.21. The minimum absolute atomic E-state index is 0.0468. The van der Waals surface area contributed by atoms with E-state index in [2.05, 4.69) is 12.2 Å². The number of amides is 3. The molecule has 0 fully saturated rings. The van der Waals surface area contributed by atoms with Gasteiger partial charge in [0.2, 0.25) is 5.91 Å². The van der Waals surface area contributed by atoms with E-state index in [-0.39, 0.29) is 11.5 Å². The number of imide groups is 1. The standard InChI is InChI=1S/C22H22N2O4/c1-3-4-5-15-6-12-18(13-7-15)24-21(27)19(20(26)22(24)28)16-8-10-17(11-9-16)23-14(2)25/h6-13,26H,3-5H2,1-2H3,(H,23,25).